The molecule has 4 aromatic rings. The van der Waals surface area contributed by atoms with Crippen molar-refractivity contribution in [1.82, 2.24) is 0 Å². The van der Waals surface area contributed by atoms with E-state index in [0.29, 0.717) is 12.1 Å². The van der Waals surface area contributed by atoms with Gasteiger partial charge in [0, 0.05) is 11.5 Å². The van der Waals surface area contributed by atoms with Gasteiger partial charge in [-0.1, -0.05) is 70.2 Å². The van der Waals surface area contributed by atoms with Gasteiger partial charge in [-0.05, 0) is 63.7 Å². The maximum atomic E-state index is 8.64. The molecule has 0 saturated heterocycles. The summed E-state index contributed by atoms with van der Waals surface area (Å²) in [7, 11) is 2.01. The van der Waals surface area contributed by atoms with Crippen LogP contribution in [0.1, 0.15) is 57.2 Å². The van der Waals surface area contributed by atoms with Gasteiger partial charge in [0.2, 0.25) is 5.69 Å². The van der Waals surface area contributed by atoms with E-state index in [1.165, 1.54) is 44.3 Å². The van der Waals surface area contributed by atoms with Crippen molar-refractivity contribution < 1.29 is 5.94 Å². The second-order valence-corrected chi connectivity index (χ2v) is 9.57. The fourth-order valence-corrected chi connectivity index (χ4v) is 5.12. The molecule has 0 atom stereocenters. The van der Waals surface area contributed by atoms with Crippen molar-refractivity contribution in [3.63, 3.8) is 0 Å². The Morgan fingerprint density at radius 1 is 0.867 bits per heavy atom. The van der Waals surface area contributed by atoms with Gasteiger partial charge in [-0.25, -0.2) is 4.57 Å². The molecule has 0 bridgehead atoms. The van der Waals surface area contributed by atoms with Crippen LogP contribution in [0, 0.1) is 6.92 Å². The van der Waals surface area contributed by atoms with Crippen LogP contribution in [0.4, 0.5) is 0 Å². The zero-order chi connectivity index (χ0) is 22.1. The van der Waals surface area contributed by atoms with E-state index in [2.05, 4.69) is 89.2 Å². The number of hydrogen-bond donors (Lipinski definition) is 0. The Morgan fingerprint density at radius 3 is 2.40 bits per heavy atom. The number of aromatic nitrogens is 1. The number of hydrogen-bond acceptors (Lipinski definition) is 0. The van der Waals surface area contributed by atoms with Gasteiger partial charge in [-0.15, -0.1) is 0 Å². The summed E-state index contributed by atoms with van der Waals surface area (Å²) >= 11 is 0. The van der Waals surface area contributed by atoms with Gasteiger partial charge < -0.3 is 0 Å². The molecule has 1 aliphatic rings. The number of aryl methyl sites for hydroxylation is 1. The highest BCUT2D eigenvalue weighted by Gasteiger charge is 2.36. The first-order chi connectivity index (χ1) is 14.7. The van der Waals surface area contributed by atoms with Crippen molar-refractivity contribution in [3.8, 4) is 22.4 Å². The summed E-state index contributed by atoms with van der Waals surface area (Å²) in [5, 5.41) is 2.35. The Hall–Kier alpha value is -2.93. The molecule has 0 saturated carbocycles. The van der Waals surface area contributed by atoms with Gasteiger partial charge in [-0.2, -0.15) is 0 Å². The molecule has 0 amide bonds. The van der Waals surface area contributed by atoms with Crippen molar-refractivity contribution in [3.05, 3.63) is 89.1 Å². The van der Waals surface area contributed by atoms with E-state index >= 15 is 0 Å². The molecule has 3 aromatic carbocycles. The summed E-state index contributed by atoms with van der Waals surface area (Å²) < 4.78 is 10.7. The van der Waals surface area contributed by atoms with Gasteiger partial charge in [-0.3, -0.25) is 0 Å². The monoisotopic (exact) mass is 393 g/mol. The van der Waals surface area contributed by atoms with E-state index in [0.717, 1.165) is 11.1 Å². The largest absolute Gasteiger partial charge is 0.220 e. The smallest absolute Gasteiger partial charge is 0.200 e. The van der Waals surface area contributed by atoms with Gasteiger partial charge in [0.05, 0.1) is 10.9 Å². The van der Waals surface area contributed by atoms with Crippen molar-refractivity contribution in [2.45, 2.75) is 46.0 Å². The van der Waals surface area contributed by atoms with E-state index in [9.17, 15) is 0 Å². The van der Waals surface area contributed by atoms with E-state index in [4.69, 9.17) is 1.37 Å². The average molecular weight is 394 g/mol. The normalized spacial score (nSPS) is 14.7. The van der Waals surface area contributed by atoms with Crippen LogP contribution in [0.3, 0.4) is 0 Å². The number of benzene rings is 3. The molecule has 0 fully saturated rings. The fourth-order valence-electron chi connectivity index (χ4n) is 5.12. The zero-order valence-corrected chi connectivity index (χ0v) is 18.8. The summed E-state index contributed by atoms with van der Waals surface area (Å²) in [4.78, 5) is 0. The van der Waals surface area contributed by atoms with Crippen molar-refractivity contribution >= 4 is 10.8 Å². The lowest BCUT2D eigenvalue weighted by Crippen LogP contribution is -2.31. The quantitative estimate of drug-likeness (QED) is 0.321. The minimum Gasteiger partial charge on any atom is -0.200 e. The zero-order valence-electron chi connectivity index (χ0n) is 19.8. The topological polar surface area (TPSA) is 3.88 Å². The number of nitrogens with zero attached hydrogens (tertiary/aromatic N) is 1. The van der Waals surface area contributed by atoms with Crippen molar-refractivity contribution in [2.24, 2.45) is 7.05 Å². The second kappa shape index (κ2) is 6.54. The van der Waals surface area contributed by atoms with Crippen molar-refractivity contribution in [2.75, 3.05) is 0 Å². The van der Waals surface area contributed by atoms with Gasteiger partial charge >= 0.3 is 0 Å². The third kappa shape index (κ3) is 2.65. The van der Waals surface area contributed by atoms with Crippen LogP contribution < -0.4 is 4.57 Å². The summed E-state index contributed by atoms with van der Waals surface area (Å²) in [6.07, 6.45) is 0.533. The molecule has 0 N–H and O–H groups in total. The van der Waals surface area contributed by atoms with Crippen LogP contribution in [0.25, 0.3) is 33.2 Å². The fraction of sp³-hybridized carbons (Fsp3) is 0.276. The van der Waals surface area contributed by atoms with E-state index in [1.807, 2.05) is 17.7 Å². The molecule has 0 unspecified atom stereocenters. The molecule has 0 aliphatic heterocycles. The summed E-state index contributed by atoms with van der Waals surface area (Å²) in [5.41, 5.74) is 10.3. The Balaban J connectivity index is 1.82. The van der Waals surface area contributed by atoms with Crippen LogP contribution >= 0.6 is 0 Å². The molecule has 30 heavy (non-hydrogen) atoms. The molecular formula is C29H30N+. The Labute approximate surface area is 181 Å². The maximum Gasteiger partial charge on any atom is 0.220 e. The molecule has 0 radical (unpaired) electrons. The van der Waals surface area contributed by atoms with Crippen molar-refractivity contribution in [1.29, 1.82) is 0 Å². The lowest BCUT2D eigenvalue weighted by Gasteiger charge is -2.22. The lowest BCUT2D eigenvalue weighted by molar-refractivity contribution is -0.659. The van der Waals surface area contributed by atoms with Gasteiger partial charge in [0.15, 0.2) is 6.17 Å². The first kappa shape index (κ1) is 17.9. The Bertz CT molecular complexity index is 1360. The highest BCUT2D eigenvalue weighted by molar-refractivity contribution is 5.95. The predicted octanol–water partition coefficient (Wildman–Crippen LogP) is 7.07. The number of rotatable bonds is 2. The van der Waals surface area contributed by atoms with Crippen LogP contribution in [0.15, 0.2) is 66.8 Å². The SMILES string of the molecule is [2H]c1cc2cc(C(C)C)ccc2c(-c2cc3c(cc2C)-c2ccccc2C3(C)C)[n+]1C. The summed E-state index contributed by atoms with van der Waals surface area (Å²) in [6, 6.07) is 22.2. The van der Waals surface area contributed by atoms with Crippen LogP contribution in [-0.4, -0.2) is 0 Å². The molecular weight excluding hydrogens is 362 g/mol. The minimum atomic E-state index is -0.0356. The molecule has 150 valence electrons. The van der Waals surface area contributed by atoms with Crippen LogP contribution in [0.5, 0.6) is 0 Å². The van der Waals surface area contributed by atoms with E-state index < -0.39 is 0 Å². The first-order valence-corrected chi connectivity index (χ1v) is 10.9. The average Bonchev–Trinajstić information content (AvgIpc) is 2.95. The number of pyridine rings is 1. The minimum absolute atomic E-state index is 0.0356. The molecule has 1 heterocycles. The standard InChI is InChI=1S/C29H30N/c1-18(2)20-11-12-22-21(16-20)13-14-30(6)28(22)24-17-27-25(15-19(24)3)23-9-7-8-10-26(23)29(27,4)5/h7-18H,1-6H3/q+1/i14D. The van der Waals surface area contributed by atoms with Crippen LogP contribution in [0.2, 0.25) is 0 Å². The molecule has 1 nitrogen and oxygen atoms in total. The molecule has 0 spiro atoms. The maximum absolute atomic E-state index is 8.64. The van der Waals surface area contributed by atoms with Crippen LogP contribution in [-0.2, 0) is 12.5 Å². The Morgan fingerprint density at radius 2 is 1.63 bits per heavy atom. The third-order valence-electron chi connectivity index (χ3n) is 6.93. The summed E-state index contributed by atoms with van der Waals surface area (Å²) in [6.45, 7) is 11.3. The summed E-state index contributed by atoms with van der Waals surface area (Å²) in [5.74, 6) is 0.469. The second-order valence-electron chi connectivity index (χ2n) is 9.57. The highest BCUT2D eigenvalue weighted by Crippen LogP contribution is 2.50. The molecule has 1 heteroatoms. The van der Waals surface area contributed by atoms with E-state index in [-0.39, 0.29) is 5.41 Å². The Kier molecular flexibility index (Phi) is 3.90. The highest BCUT2D eigenvalue weighted by atomic mass is 14.9. The molecule has 1 aromatic heterocycles. The molecule has 1 aliphatic carbocycles. The first-order valence-electron chi connectivity index (χ1n) is 11.4. The lowest BCUT2D eigenvalue weighted by atomic mass is 9.81. The third-order valence-corrected chi connectivity index (χ3v) is 6.93. The van der Waals surface area contributed by atoms with E-state index in [1.54, 1.807) is 0 Å². The van der Waals surface area contributed by atoms with Gasteiger partial charge in [0.25, 0.3) is 0 Å². The van der Waals surface area contributed by atoms with Gasteiger partial charge in [0.1, 0.15) is 8.42 Å². The molecule has 5 rings (SSSR count). The number of fused-ring (bicyclic) bond motifs is 4. The predicted molar refractivity (Wildman–Crippen MR) is 127 cm³/mol.